The largest absolute Gasteiger partial charge is 0.409 e. The first-order valence-corrected chi connectivity index (χ1v) is 8.40. The van der Waals surface area contributed by atoms with Crippen LogP contribution in [0.1, 0.15) is 0 Å². The molecule has 0 saturated carbocycles. The number of sulfonamides is 1. The van der Waals surface area contributed by atoms with Crippen LogP contribution >= 0.6 is 27.3 Å². The van der Waals surface area contributed by atoms with Crippen LogP contribution in [0.5, 0.6) is 0 Å². The Hall–Kier alpha value is -0.680. The van der Waals surface area contributed by atoms with E-state index in [1.165, 1.54) is 4.31 Å². The lowest BCUT2D eigenvalue weighted by atomic mass is 10.3. The predicted octanol–water partition coefficient (Wildman–Crippen LogP) is 0.646. The molecule has 0 radical (unpaired) electrons. The molecule has 1 aliphatic heterocycles. The summed E-state index contributed by atoms with van der Waals surface area (Å²) in [4.78, 5) is 0. The number of nitrogens with zero attached hydrogens (tertiary/aromatic N) is 2. The zero-order valence-corrected chi connectivity index (χ0v) is 12.9. The summed E-state index contributed by atoms with van der Waals surface area (Å²) < 4.78 is 32.2. The number of oxime groups is 1. The Kier molecular flexibility index (Phi) is 4.46. The maximum absolute atomic E-state index is 12.4. The fourth-order valence-corrected chi connectivity index (χ4v) is 5.54. The molecule has 2 rings (SSSR count). The second-order valence-electron chi connectivity index (χ2n) is 3.80. The molecule has 1 fully saturated rings. The Morgan fingerprint density at radius 3 is 3.00 bits per heavy atom. The molecule has 3 N–H and O–H groups in total. The van der Waals surface area contributed by atoms with Gasteiger partial charge in [-0.15, -0.1) is 11.3 Å². The average Bonchev–Trinajstić information content (AvgIpc) is 2.85. The van der Waals surface area contributed by atoms with Gasteiger partial charge < -0.3 is 15.7 Å². The third-order valence-corrected chi connectivity index (χ3v) is 7.15. The van der Waals surface area contributed by atoms with Gasteiger partial charge in [0.15, 0.2) is 5.84 Å². The fraction of sp³-hybridized carbons (Fsp3) is 0.444. The van der Waals surface area contributed by atoms with Crippen molar-refractivity contribution < 1.29 is 18.4 Å². The summed E-state index contributed by atoms with van der Waals surface area (Å²) in [5, 5.41) is 13.2. The topological polar surface area (TPSA) is 105 Å². The van der Waals surface area contributed by atoms with Gasteiger partial charge in [0, 0.05) is 17.6 Å². The number of hydrogen-bond acceptors (Lipinski definition) is 6. The molecule has 1 atom stereocenters. The van der Waals surface area contributed by atoms with E-state index in [-0.39, 0.29) is 29.7 Å². The van der Waals surface area contributed by atoms with E-state index in [1.807, 2.05) is 0 Å². The van der Waals surface area contributed by atoms with Crippen molar-refractivity contribution in [1.82, 2.24) is 4.31 Å². The van der Waals surface area contributed by atoms with Crippen molar-refractivity contribution in [2.75, 3.05) is 19.7 Å². The standard InChI is InChI=1S/C9H12BrN3O4S2/c10-6-1-4-18-9(6)19(15,16)13-2-3-17-7(5-13)8(11)12-14/h1,4,7,14H,2-3,5H2,(H2,11,12). The van der Waals surface area contributed by atoms with Crippen molar-refractivity contribution in [2.24, 2.45) is 10.9 Å². The van der Waals surface area contributed by atoms with Crippen LogP contribution in [0.15, 0.2) is 25.3 Å². The molecular weight excluding hydrogens is 358 g/mol. The van der Waals surface area contributed by atoms with Gasteiger partial charge in [-0.05, 0) is 27.4 Å². The molecule has 1 unspecified atom stereocenters. The van der Waals surface area contributed by atoms with Crippen LogP contribution in [0.25, 0.3) is 0 Å². The fourth-order valence-electron chi connectivity index (χ4n) is 1.67. The molecule has 1 aromatic heterocycles. The van der Waals surface area contributed by atoms with Gasteiger partial charge in [0.25, 0.3) is 10.0 Å². The Labute approximate surface area is 122 Å². The Balaban J connectivity index is 2.25. The van der Waals surface area contributed by atoms with Gasteiger partial charge in [-0.25, -0.2) is 8.42 Å². The van der Waals surface area contributed by atoms with E-state index >= 15 is 0 Å². The first-order chi connectivity index (χ1) is 8.96. The molecule has 1 saturated heterocycles. The Morgan fingerprint density at radius 2 is 2.42 bits per heavy atom. The van der Waals surface area contributed by atoms with E-state index in [0.717, 1.165) is 11.3 Å². The summed E-state index contributed by atoms with van der Waals surface area (Å²) in [5.74, 6) is -0.134. The van der Waals surface area contributed by atoms with Crippen LogP contribution in [-0.4, -0.2) is 49.6 Å². The lowest BCUT2D eigenvalue weighted by Crippen LogP contribution is -2.50. The molecule has 19 heavy (non-hydrogen) atoms. The summed E-state index contributed by atoms with van der Waals surface area (Å²) >= 11 is 4.35. The minimum Gasteiger partial charge on any atom is -0.409 e. The highest BCUT2D eigenvalue weighted by Crippen LogP contribution is 2.31. The zero-order valence-electron chi connectivity index (χ0n) is 9.69. The number of ether oxygens (including phenoxy) is 1. The molecule has 0 spiro atoms. The Bertz CT molecular complexity index is 586. The minimum atomic E-state index is -3.59. The monoisotopic (exact) mass is 369 g/mol. The number of thiophene rings is 1. The molecule has 7 nitrogen and oxygen atoms in total. The molecule has 0 aromatic carbocycles. The van der Waals surface area contributed by atoms with Crippen molar-refractivity contribution in [1.29, 1.82) is 0 Å². The molecule has 0 bridgehead atoms. The van der Waals surface area contributed by atoms with E-state index in [2.05, 4.69) is 21.1 Å². The maximum atomic E-state index is 12.4. The molecule has 1 aromatic rings. The van der Waals surface area contributed by atoms with Crippen LogP contribution in [-0.2, 0) is 14.8 Å². The quantitative estimate of drug-likeness (QED) is 0.352. The smallest absolute Gasteiger partial charge is 0.253 e. The number of halogens is 1. The zero-order chi connectivity index (χ0) is 14.0. The molecule has 0 amide bonds. The van der Waals surface area contributed by atoms with E-state index in [0.29, 0.717) is 4.47 Å². The van der Waals surface area contributed by atoms with Crippen LogP contribution in [0, 0.1) is 0 Å². The first-order valence-electron chi connectivity index (χ1n) is 5.29. The molecule has 2 heterocycles. The van der Waals surface area contributed by atoms with Crippen LogP contribution in [0.3, 0.4) is 0 Å². The average molecular weight is 370 g/mol. The highest BCUT2D eigenvalue weighted by Gasteiger charge is 2.34. The number of hydrogen-bond donors (Lipinski definition) is 2. The van der Waals surface area contributed by atoms with E-state index in [4.69, 9.17) is 15.7 Å². The van der Waals surface area contributed by atoms with E-state index < -0.39 is 16.1 Å². The third kappa shape index (κ3) is 2.92. The second-order valence-corrected chi connectivity index (χ2v) is 7.71. The molecule has 106 valence electrons. The Morgan fingerprint density at radius 1 is 1.68 bits per heavy atom. The number of morpholine rings is 1. The van der Waals surface area contributed by atoms with Gasteiger partial charge in [0.05, 0.1) is 6.61 Å². The van der Waals surface area contributed by atoms with Gasteiger partial charge in [-0.1, -0.05) is 5.16 Å². The van der Waals surface area contributed by atoms with Crippen molar-refractivity contribution >= 4 is 43.1 Å². The molecule has 10 heteroatoms. The normalized spacial score (nSPS) is 22.6. The van der Waals surface area contributed by atoms with Gasteiger partial charge in [-0.2, -0.15) is 4.31 Å². The van der Waals surface area contributed by atoms with Crippen molar-refractivity contribution in [3.8, 4) is 0 Å². The van der Waals surface area contributed by atoms with Crippen LogP contribution in [0.2, 0.25) is 0 Å². The SMILES string of the molecule is NC(=NO)C1CN(S(=O)(=O)c2sccc2Br)CCO1. The number of rotatable bonds is 3. The first kappa shape index (κ1) is 14.7. The summed E-state index contributed by atoms with van der Waals surface area (Å²) in [5.41, 5.74) is 5.45. The highest BCUT2D eigenvalue weighted by molar-refractivity contribution is 9.10. The summed E-state index contributed by atoms with van der Waals surface area (Å²) in [6.45, 7) is 0.466. The van der Waals surface area contributed by atoms with E-state index in [1.54, 1.807) is 11.4 Å². The van der Waals surface area contributed by atoms with Gasteiger partial charge in [-0.3, -0.25) is 0 Å². The number of nitrogens with two attached hydrogens (primary N) is 1. The van der Waals surface area contributed by atoms with Crippen LogP contribution in [0.4, 0.5) is 0 Å². The van der Waals surface area contributed by atoms with Crippen LogP contribution < -0.4 is 5.73 Å². The van der Waals surface area contributed by atoms with Crippen molar-refractivity contribution in [2.45, 2.75) is 10.3 Å². The number of amidine groups is 1. The summed E-state index contributed by atoms with van der Waals surface area (Å²) in [6, 6.07) is 1.68. The third-order valence-electron chi connectivity index (χ3n) is 2.63. The highest BCUT2D eigenvalue weighted by atomic mass is 79.9. The lowest BCUT2D eigenvalue weighted by Gasteiger charge is -2.31. The van der Waals surface area contributed by atoms with Gasteiger partial charge >= 0.3 is 0 Å². The van der Waals surface area contributed by atoms with Crippen molar-refractivity contribution in [3.63, 3.8) is 0 Å². The van der Waals surface area contributed by atoms with Gasteiger partial charge in [0.2, 0.25) is 0 Å². The summed E-state index contributed by atoms with van der Waals surface area (Å²) in [6.07, 6.45) is -0.729. The van der Waals surface area contributed by atoms with Crippen molar-refractivity contribution in [3.05, 3.63) is 15.9 Å². The molecule has 1 aliphatic rings. The van der Waals surface area contributed by atoms with Gasteiger partial charge in [0.1, 0.15) is 10.3 Å². The molecular formula is C9H12BrN3O4S2. The molecule has 0 aliphatic carbocycles. The summed E-state index contributed by atoms with van der Waals surface area (Å²) in [7, 11) is -3.59. The maximum Gasteiger partial charge on any atom is 0.253 e. The van der Waals surface area contributed by atoms with E-state index in [9.17, 15) is 8.42 Å². The lowest BCUT2D eigenvalue weighted by molar-refractivity contribution is 0.0355. The minimum absolute atomic E-state index is 0.0303. The second kappa shape index (κ2) is 5.75. The predicted molar refractivity (Wildman–Crippen MR) is 73.9 cm³/mol.